The smallest absolute Gasteiger partial charge is 0.161 e. The Balaban J connectivity index is 1.85. The second kappa shape index (κ2) is 7.13. The maximum absolute atomic E-state index is 5.88. The molecule has 0 bridgehead atoms. The molecule has 21 heavy (non-hydrogen) atoms. The van der Waals surface area contributed by atoms with Crippen LogP contribution in [0.1, 0.15) is 24.9 Å². The number of ether oxygens (including phenoxy) is 2. The van der Waals surface area contributed by atoms with Crippen LogP contribution in [0.2, 0.25) is 0 Å². The third-order valence-electron chi connectivity index (χ3n) is 3.93. The third kappa shape index (κ3) is 3.28. The Kier molecular flexibility index (Phi) is 5.21. The van der Waals surface area contributed by atoms with Crippen LogP contribution in [0.4, 0.5) is 0 Å². The Morgan fingerprint density at radius 1 is 1.24 bits per heavy atom. The molecule has 1 aromatic carbocycles. The summed E-state index contributed by atoms with van der Waals surface area (Å²) in [4.78, 5) is 0. The van der Waals surface area contributed by atoms with Crippen LogP contribution in [0.15, 0.2) is 18.2 Å². The first-order chi connectivity index (χ1) is 10.3. The summed E-state index contributed by atoms with van der Waals surface area (Å²) in [7, 11) is 0. The number of nitrogens with two attached hydrogens (primary N) is 1. The Labute approximate surface area is 134 Å². The molecule has 3 atom stereocenters. The molecule has 0 aliphatic carbocycles. The molecule has 2 heterocycles. The molecular formula is C15H22N2O2S2. The van der Waals surface area contributed by atoms with Crippen molar-refractivity contribution in [2.24, 2.45) is 5.84 Å². The van der Waals surface area contributed by atoms with Gasteiger partial charge in [-0.15, -0.1) is 0 Å². The maximum atomic E-state index is 5.88. The van der Waals surface area contributed by atoms with Gasteiger partial charge in [-0.05, 0) is 24.1 Å². The van der Waals surface area contributed by atoms with Gasteiger partial charge in [0.25, 0.3) is 0 Å². The molecule has 1 aromatic rings. The molecule has 0 radical (unpaired) electrons. The number of thioether (sulfide) groups is 2. The van der Waals surface area contributed by atoms with Gasteiger partial charge in [0.15, 0.2) is 11.5 Å². The van der Waals surface area contributed by atoms with Crippen molar-refractivity contribution in [3.63, 3.8) is 0 Å². The fourth-order valence-corrected chi connectivity index (χ4v) is 6.11. The highest BCUT2D eigenvalue weighted by atomic mass is 32.2. The lowest BCUT2D eigenvalue weighted by molar-refractivity contribution is 0.171. The summed E-state index contributed by atoms with van der Waals surface area (Å²) in [5.74, 6) is 9.97. The first kappa shape index (κ1) is 15.3. The number of benzene rings is 1. The van der Waals surface area contributed by atoms with Crippen LogP contribution < -0.4 is 20.7 Å². The van der Waals surface area contributed by atoms with Gasteiger partial charge in [-0.25, -0.2) is 0 Å². The number of fused-ring (bicyclic) bond motifs is 1. The van der Waals surface area contributed by atoms with Gasteiger partial charge in [0, 0.05) is 22.0 Å². The van der Waals surface area contributed by atoms with Crippen LogP contribution in [0, 0.1) is 0 Å². The number of hydrogen-bond acceptors (Lipinski definition) is 6. The van der Waals surface area contributed by atoms with Gasteiger partial charge >= 0.3 is 0 Å². The van der Waals surface area contributed by atoms with E-state index in [0.29, 0.717) is 23.7 Å². The third-order valence-corrected chi connectivity index (χ3v) is 7.28. The molecule has 1 fully saturated rings. The fraction of sp³-hybridized carbons (Fsp3) is 0.600. The maximum Gasteiger partial charge on any atom is 0.161 e. The molecule has 0 aromatic heterocycles. The highest BCUT2D eigenvalue weighted by Crippen LogP contribution is 2.41. The fourth-order valence-electron chi connectivity index (χ4n) is 2.88. The summed E-state index contributed by atoms with van der Waals surface area (Å²) < 4.78 is 11.3. The van der Waals surface area contributed by atoms with E-state index in [-0.39, 0.29) is 6.04 Å². The van der Waals surface area contributed by atoms with E-state index >= 15 is 0 Å². The topological polar surface area (TPSA) is 56.5 Å². The van der Waals surface area contributed by atoms with Crippen molar-refractivity contribution in [1.82, 2.24) is 5.43 Å². The van der Waals surface area contributed by atoms with E-state index in [0.717, 1.165) is 11.5 Å². The van der Waals surface area contributed by atoms with E-state index in [1.54, 1.807) is 0 Å². The van der Waals surface area contributed by atoms with Crippen LogP contribution in [0.5, 0.6) is 11.5 Å². The minimum Gasteiger partial charge on any atom is -0.486 e. The van der Waals surface area contributed by atoms with E-state index in [1.807, 2.05) is 17.8 Å². The highest BCUT2D eigenvalue weighted by Gasteiger charge is 2.33. The van der Waals surface area contributed by atoms with E-state index in [4.69, 9.17) is 15.3 Å². The van der Waals surface area contributed by atoms with Crippen molar-refractivity contribution < 1.29 is 9.47 Å². The van der Waals surface area contributed by atoms with Crippen molar-refractivity contribution in [2.75, 3.05) is 24.7 Å². The van der Waals surface area contributed by atoms with E-state index < -0.39 is 0 Å². The quantitative estimate of drug-likeness (QED) is 0.655. The zero-order valence-corrected chi connectivity index (χ0v) is 13.8. The summed E-state index contributed by atoms with van der Waals surface area (Å²) in [6, 6.07) is 6.31. The van der Waals surface area contributed by atoms with Gasteiger partial charge in [0.1, 0.15) is 13.2 Å². The minimum absolute atomic E-state index is 0.142. The Morgan fingerprint density at radius 3 is 2.76 bits per heavy atom. The largest absolute Gasteiger partial charge is 0.486 e. The number of hydrogen-bond donors (Lipinski definition) is 2. The average Bonchev–Trinajstić information content (AvgIpc) is 2.56. The normalized spacial score (nSPS) is 26.4. The number of nitrogens with one attached hydrogen (secondary N) is 1. The standard InChI is InChI=1S/C15H22N2O2S2/c1-2-13-15(21-8-7-20-13)14(17-16)10-3-4-11-12(9-10)19-6-5-18-11/h3-4,9,13-15,17H,2,5-8,16H2,1H3. The predicted molar refractivity (Wildman–Crippen MR) is 90.3 cm³/mol. The Bertz CT molecular complexity index is 487. The molecule has 1 saturated heterocycles. The lowest BCUT2D eigenvalue weighted by Crippen LogP contribution is -2.41. The Hall–Kier alpha value is -0.560. The van der Waals surface area contributed by atoms with Crippen LogP contribution in [-0.2, 0) is 0 Å². The average molecular weight is 326 g/mol. The van der Waals surface area contributed by atoms with Gasteiger partial charge in [0.05, 0.1) is 6.04 Å². The molecule has 6 heteroatoms. The van der Waals surface area contributed by atoms with Gasteiger partial charge in [0.2, 0.25) is 0 Å². The lowest BCUT2D eigenvalue weighted by Gasteiger charge is -2.36. The van der Waals surface area contributed by atoms with Crippen LogP contribution >= 0.6 is 23.5 Å². The van der Waals surface area contributed by atoms with Crippen LogP contribution in [-0.4, -0.2) is 35.2 Å². The molecule has 0 spiro atoms. The first-order valence-electron chi connectivity index (χ1n) is 7.42. The molecule has 4 nitrogen and oxygen atoms in total. The molecule has 2 aliphatic rings. The number of hydrazine groups is 1. The molecule has 0 amide bonds. The van der Waals surface area contributed by atoms with Crippen molar-refractivity contribution in [3.05, 3.63) is 23.8 Å². The van der Waals surface area contributed by atoms with E-state index in [1.165, 1.54) is 23.5 Å². The van der Waals surface area contributed by atoms with Gasteiger partial charge in [-0.1, -0.05) is 13.0 Å². The zero-order chi connectivity index (χ0) is 14.7. The Morgan fingerprint density at radius 2 is 2.00 bits per heavy atom. The monoisotopic (exact) mass is 326 g/mol. The molecule has 2 aliphatic heterocycles. The van der Waals surface area contributed by atoms with Gasteiger partial charge in [-0.3, -0.25) is 11.3 Å². The number of rotatable bonds is 4. The first-order valence-corrected chi connectivity index (χ1v) is 9.52. The van der Waals surface area contributed by atoms with Gasteiger partial charge in [-0.2, -0.15) is 23.5 Å². The zero-order valence-electron chi connectivity index (χ0n) is 12.2. The molecule has 0 saturated carbocycles. The second-order valence-corrected chi connectivity index (χ2v) is 7.83. The van der Waals surface area contributed by atoms with Crippen LogP contribution in [0.25, 0.3) is 0 Å². The molecule has 3 unspecified atom stereocenters. The summed E-state index contributed by atoms with van der Waals surface area (Å²) in [6.07, 6.45) is 1.17. The minimum atomic E-state index is 0.142. The van der Waals surface area contributed by atoms with Gasteiger partial charge < -0.3 is 9.47 Å². The van der Waals surface area contributed by atoms with Crippen molar-refractivity contribution >= 4 is 23.5 Å². The highest BCUT2D eigenvalue weighted by molar-refractivity contribution is 8.07. The second-order valence-electron chi connectivity index (χ2n) is 5.20. The van der Waals surface area contributed by atoms with Crippen LogP contribution in [0.3, 0.4) is 0 Å². The molecule has 3 N–H and O–H groups in total. The predicted octanol–water partition coefficient (Wildman–Crippen LogP) is 2.59. The summed E-state index contributed by atoms with van der Waals surface area (Å²) >= 11 is 4.09. The molecule has 116 valence electrons. The molecular weight excluding hydrogens is 304 g/mol. The molecule has 3 rings (SSSR count). The lowest BCUT2D eigenvalue weighted by atomic mass is 10.00. The summed E-state index contributed by atoms with van der Waals surface area (Å²) in [5, 5.41) is 1.12. The van der Waals surface area contributed by atoms with Crippen molar-refractivity contribution in [1.29, 1.82) is 0 Å². The van der Waals surface area contributed by atoms with E-state index in [9.17, 15) is 0 Å². The summed E-state index contributed by atoms with van der Waals surface area (Å²) in [5.41, 5.74) is 4.21. The summed E-state index contributed by atoms with van der Waals surface area (Å²) in [6.45, 7) is 3.49. The SMILES string of the molecule is CCC1SCCSC1C(NN)c1ccc2c(c1)OCCO2. The van der Waals surface area contributed by atoms with Crippen molar-refractivity contribution in [2.45, 2.75) is 29.9 Å². The van der Waals surface area contributed by atoms with Crippen molar-refractivity contribution in [3.8, 4) is 11.5 Å². The van der Waals surface area contributed by atoms with E-state index in [2.05, 4.69) is 36.2 Å².